The van der Waals surface area contributed by atoms with Gasteiger partial charge in [-0.25, -0.2) is 14.5 Å². The van der Waals surface area contributed by atoms with Gasteiger partial charge in [-0.1, -0.05) is 11.8 Å². The van der Waals surface area contributed by atoms with Crippen molar-refractivity contribution in [2.24, 2.45) is 0 Å². The monoisotopic (exact) mass is 173 g/mol. The van der Waals surface area contributed by atoms with Crippen LogP contribution < -0.4 is 0 Å². The molecule has 1 N–H and O–H groups in total. The maximum atomic E-state index is 10.6. The van der Waals surface area contributed by atoms with E-state index in [4.69, 9.17) is 5.11 Å². The van der Waals surface area contributed by atoms with E-state index in [1.165, 1.54) is 17.2 Å². The van der Waals surface area contributed by atoms with E-state index in [-0.39, 0.29) is 5.70 Å². The molecular weight excluding hydrogens is 170 g/mol. The highest BCUT2D eigenvalue weighted by Gasteiger charge is 2.47. The molecular formula is C5H3NO4S. The third-order valence-electron chi connectivity index (χ3n) is 1.38. The van der Waals surface area contributed by atoms with E-state index >= 15 is 0 Å². The summed E-state index contributed by atoms with van der Waals surface area (Å²) in [7, 11) is 0. The highest BCUT2D eigenvalue weighted by Crippen LogP contribution is 2.38. The molecule has 0 unspecified atom stereocenters. The molecule has 1 atom stereocenters. The second-order valence-electron chi connectivity index (χ2n) is 2.01. The van der Waals surface area contributed by atoms with Crippen LogP contribution in [0.15, 0.2) is 11.1 Å². The number of amides is 1. The first-order valence-electron chi connectivity index (χ1n) is 2.79. The van der Waals surface area contributed by atoms with Crippen LogP contribution in [0.5, 0.6) is 0 Å². The van der Waals surface area contributed by atoms with E-state index in [1.807, 2.05) is 0 Å². The van der Waals surface area contributed by atoms with Crippen molar-refractivity contribution in [3.8, 4) is 0 Å². The molecule has 0 aromatic rings. The molecule has 0 aromatic carbocycles. The first-order chi connectivity index (χ1) is 5.20. The standard InChI is InChI=1S/C5H3NO4S/c7-3(8)2-1-11-5-6(2)4(9)10-5/h1,5H,(H,7,8)/t5-/m1/s1. The molecule has 2 rings (SSSR count). The number of aliphatic carboxylic acids is 1. The summed E-state index contributed by atoms with van der Waals surface area (Å²) < 4.78 is 4.58. The summed E-state index contributed by atoms with van der Waals surface area (Å²) >= 11 is 1.17. The molecule has 0 saturated carbocycles. The van der Waals surface area contributed by atoms with Gasteiger partial charge in [-0.3, -0.25) is 0 Å². The van der Waals surface area contributed by atoms with Gasteiger partial charge in [0.25, 0.3) is 0 Å². The Bertz CT molecular complexity index is 274. The fraction of sp³-hybridized carbons (Fsp3) is 0.200. The minimum Gasteiger partial charge on any atom is -0.477 e. The third kappa shape index (κ3) is 0.725. The molecule has 11 heavy (non-hydrogen) atoms. The Kier molecular flexibility index (Phi) is 1.14. The predicted molar refractivity (Wildman–Crippen MR) is 35.4 cm³/mol. The molecule has 5 nitrogen and oxygen atoms in total. The highest BCUT2D eigenvalue weighted by molar-refractivity contribution is 8.02. The van der Waals surface area contributed by atoms with Crippen LogP contribution in [-0.4, -0.2) is 27.6 Å². The van der Waals surface area contributed by atoms with E-state index in [1.54, 1.807) is 0 Å². The number of carbonyl (C=O) groups excluding carboxylic acids is 1. The molecule has 0 aliphatic carbocycles. The number of thioether (sulfide) groups is 1. The Balaban J connectivity index is 2.24. The van der Waals surface area contributed by atoms with Crippen molar-refractivity contribution in [1.29, 1.82) is 0 Å². The molecule has 2 aliphatic rings. The molecule has 0 bridgehead atoms. The minimum absolute atomic E-state index is 0.00347. The average molecular weight is 173 g/mol. The van der Waals surface area contributed by atoms with E-state index in [0.29, 0.717) is 0 Å². The first-order valence-corrected chi connectivity index (χ1v) is 3.73. The van der Waals surface area contributed by atoms with Crippen molar-refractivity contribution < 1.29 is 19.4 Å². The Morgan fingerprint density at radius 2 is 2.55 bits per heavy atom. The van der Waals surface area contributed by atoms with Crippen LogP contribution in [0.3, 0.4) is 0 Å². The molecule has 6 heteroatoms. The Hall–Kier alpha value is -1.17. The second-order valence-corrected chi connectivity index (χ2v) is 2.92. The van der Waals surface area contributed by atoms with Gasteiger partial charge in [0, 0.05) is 5.41 Å². The van der Waals surface area contributed by atoms with Crippen LogP contribution in [0.1, 0.15) is 0 Å². The third-order valence-corrected chi connectivity index (χ3v) is 2.28. The van der Waals surface area contributed by atoms with Crippen molar-refractivity contribution in [2.75, 3.05) is 0 Å². The fourth-order valence-corrected chi connectivity index (χ4v) is 1.78. The molecule has 2 heterocycles. The van der Waals surface area contributed by atoms with Crippen molar-refractivity contribution in [3.05, 3.63) is 11.1 Å². The van der Waals surface area contributed by atoms with Crippen LogP contribution >= 0.6 is 11.8 Å². The molecule has 58 valence electrons. The maximum Gasteiger partial charge on any atom is 0.420 e. The summed E-state index contributed by atoms with van der Waals surface area (Å²) in [6.45, 7) is 0. The van der Waals surface area contributed by atoms with Crippen LogP contribution in [-0.2, 0) is 9.53 Å². The Morgan fingerprint density at radius 3 is 3.00 bits per heavy atom. The summed E-state index contributed by atoms with van der Waals surface area (Å²) in [5.74, 6) is -1.10. The van der Waals surface area contributed by atoms with Gasteiger partial charge in [0.05, 0.1) is 0 Å². The molecule has 0 aromatic heterocycles. The molecule has 1 amide bonds. The quantitative estimate of drug-likeness (QED) is 0.621. The predicted octanol–water partition coefficient (Wildman–Crippen LogP) is 0.395. The van der Waals surface area contributed by atoms with Gasteiger partial charge >= 0.3 is 12.1 Å². The van der Waals surface area contributed by atoms with Gasteiger partial charge in [-0.15, -0.1) is 0 Å². The normalized spacial score (nSPS) is 26.9. The topological polar surface area (TPSA) is 66.8 Å². The van der Waals surface area contributed by atoms with Gasteiger partial charge < -0.3 is 9.84 Å². The SMILES string of the molecule is O=C(O)C1=CS[C@H]2OC(=O)N12. The highest BCUT2D eigenvalue weighted by atomic mass is 32.2. The van der Waals surface area contributed by atoms with Crippen molar-refractivity contribution in [3.63, 3.8) is 0 Å². The number of hydrogen-bond donors (Lipinski definition) is 1. The number of hydrogen-bond acceptors (Lipinski definition) is 4. The fourth-order valence-electron chi connectivity index (χ4n) is 0.866. The van der Waals surface area contributed by atoms with Gasteiger partial charge in [0.15, 0.2) is 0 Å². The van der Waals surface area contributed by atoms with E-state index in [0.717, 1.165) is 4.90 Å². The number of ether oxygens (including phenoxy) is 1. The van der Waals surface area contributed by atoms with Crippen molar-refractivity contribution >= 4 is 23.8 Å². The number of carboxylic acids is 1. The largest absolute Gasteiger partial charge is 0.477 e. The summed E-state index contributed by atoms with van der Waals surface area (Å²) in [5, 5.41) is 9.92. The van der Waals surface area contributed by atoms with Gasteiger partial charge in [0.2, 0.25) is 5.56 Å². The molecule has 0 radical (unpaired) electrons. The zero-order chi connectivity index (χ0) is 8.01. The molecule has 1 saturated heterocycles. The lowest BCUT2D eigenvalue weighted by molar-refractivity contribution is -0.136. The Labute approximate surface area is 65.6 Å². The van der Waals surface area contributed by atoms with Crippen molar-refractivity contribution in [1.82, 2.24) is 4.90 Å². The van der Waals surface area contributed by atoms with Gasteiger partial charge in [-0.2, -0.15) is 0 Å². The summed E-state index contributed by atoms with van der Waals surface area (Å²) in [6.07, 6.45) is -0.589. The zero-order valence-corrected chi connectivity index (χ0v) is 6.00. The number of nitrogens with zero attached hydrogens (tertiary/aromatic N) is 1. The first kappa shape index (κ1) is 6.53. The molecule has 1 fully saturated rings. The van der Waals surface area contributed by atoms with Gasteiger partial charge in [-0.05, 0) is 0 Å². The summed E-state index contributed by atoms with van der Waals surface area (Å²) in [4.78, 5) is 22.1. The van der Waals surface area contributed by atoms with E-state index < -0.39 is 17.6 Å². The maximum absolute atomic E-state index is 10.6. The van der Waals surface area contributed by atoms with E-state index in [9.17, 15) is 9.59 Å². The van der Waals surface area contributed by atoms with Crippen LogP contribution in [0, 0.1) is 0 Å². The lowest BCUT2D eigenvalue weighted by Crippen LogP contribution is -2.50. The lowest BCUT2D eigenvalue weighted by Gasteiger charge is -2.33. The van der Waals surface area contributed by atoms with Gasteiger partial charge in [0.1, 0.15) is 5.70 Å². The minimum atomic E-state index is -1.10. The Morgan fingerprint density at radius 1 is 1.82 bits per heavy atom. The summed E-state index contributed by atoms with van der Waals surface area (Å²) in [6, 6.07) is 0. The van der Waals surface area contributed by atoms with Crippen LogP contribution in [0.4, 0.5) is 4.79 Å². The van der Waals surface area contributed by atoms with E-state index in [2.05, 4.69) is 4.74 Å². The summed E-state index contributed by atoms with van der Waals surface area (Å²) in [5.41, 5.74) is -0.440. The number of carboxylic acid groups (broad SMARTS) is 1. The number of rotatable bonds is 1. The van der Waals surface area contributed by atoms with Crippen LogP contribution in [0.2, 0.25) is 0 Å². The number of fused-ring (bicyclic) bond motifs is 1. The average Bonchev–Trinajstić information content (AvgIpc) is 2.25. The lowest BCUT2D eigenvalue weighted by atomic mass is 10.4. The van der Waals surface area contributed by atoms with Crippen LogP contribution in [0.25, 0.3) is 0 Å². The van der Waals surface area contributed by atoms with Crippen molar-refractivity contribution in [2.45, 2.75) is 5.56 Å². The second kappa shape index (κ2) is 1.91. The number of carbonyl (C=O) groups is 2. The zero-order valence-electron chi connectivity index (χ0n) is 5.18. The smallest absolute Gasteiger partial charge is 0.420 e. The molecule has 2 aliphatic heterocycles. The molecule has 0 spiro atoms.